The van der Waals surface area contributed by atoms with Crippen LogP contribution in [0.3, 0.4) is 0 Å². The van der Waals surface area contributed by atoms with Gasteiger partial charge in [0.1, 0.15) is 30.5 Å². The number of allylic oxidation sites excluding steroid dienone is 5. The van der Waals surface area contributed by atoms with E-state index < -0.39 is 61.5 Å². The van der Waals surface area contributed by atoms with E-state index in [-0.39, 0.29) is 13.0 Å². The lowest BCUT2D eigenvalue weighted by molar-refractivity contribution is -0.302. The molecular formula is C43H79NO9. The van der Waals surface area contributed by atoms with Gasteiger partial charge in [-0.15, -0.1) is 0 Å². The highest BCUT2D eigenvalue weighted by molar-refractivity contribution is 5.80. The quantitative estimate of drug-likeness (QED) is 0.0268. The molecule has 10 nitrogen and oxygen atoms in total. The maximum atomic E-state index is 13.0. The Bertz CT molecular complexity index is 943. The number of hydrogen-bond acceptors (Lipinski definition) is 9. The number of aliphatic hydroxyl groups is 6. The van der Waals surface area contributed by atoms with Crippen molar-refractivity contribution in [2.45, 2.75) is 217 Å². The number of unbranched alkanes of at least 4 members (excludes halogenated alkanes) is 19. The Morgan fingerprint density at radius 2 is 1.11 bits per heavy atom. The molecule has 0 aliphatic carbocycles. The molecular weight excluding hydrogens is 674 g/mol. The van der Waals surface area contributed by atoms with Crippen molar-refractivity contribution in [3.05, 3.63) is 36.5 Å². The topological polar surface area (TPSA) is 169 Å². The van der Waals surface area contributed by atoms with Crippen LogP contribution in [0.5, 0.6) is 0 Å². The van der Waals surface area contributed by atoms with E-state index in [2.05, 4.69) is 43.5 Å². The molecule has 0 aromatic carbocycles. The first-order valence-electron chi connectivity index (χ1n) is 21.3. The summed E-state index contributed by atoms with van der Waals surface area (Å²) in [5.74, 6) is -0.645. The molecule has 10 heteroatoms. The van der Waals surface area contributed by atoms with Crippen molar-refractivity contribution >= 4 is 5.91 Å². The first-order chi connectivity index (χ1) is 25.8. The lowest BCUT2D eigenvalue weighted by atomic mass is 9.99. The van der Waals surface area contributed by atoms with Crippen LogP contribution < -0.4 is 5.32 Å². The highest BCUT2D eigenvalue weighted by Crippen LogP contribution is 2.22. The molecule has 8 unspecified atom stereocenters. The van der Waals surface area contributed by atoms with E-state index in [1.165, 1.54) is 103 Å². The van der Waals surface area contributed by atoms with Crippen LogP contribution in [0.25, 0.3) is 0 Å². The summed E-state index contributed by atoms with van der Waals surface area (Å²) in [6.45, 7) is 3.54. The first kappa shape index (κ1) is 49.4. The molecule has 1 amide bonds. The molecule has 0 saturated carbocycles. The minimum Gasteiger partial charge on any atom is -0.394 e. The largest absolute Gasteiger partial charge is 0.394 e. The van der Waals surface area contributed by atoms with Gasteiger partial charge in [0, 0.05) is 0 Å². The molecule has 53 heavy (non-hydrogen) atoms. The summed E-state index contributed by atoms with van der Waals surface area (Å²) in [6.07, 6.45) is 29.5. The van der Waals surface area contributed by atoms with Gasteiger partial charge in [-0.1, -0.05) is 147 Å². The van der Waals surface area contributed by atoms with Crippen molar-refractivity contribution in [2.24, 2.45) is 0 Å². The van der Waals surface area contributed by atoms with E-state index in [1.54, 1.807) is 6.08 Å². The standard InChI is InChI=1S/C43H79NO9/c1-3-5-7-9-11-13-15-17-18-19-20-22-23-25-27-29-31-36(46)35(34-52-43-41(50)40(49)39(48)38(33-45)53-43)44-42(51)37(47)32-30-28-26-24-21-16-14-12-10-8-6-4-2/h21-24,29,31,35-41,43,45-50H,3-20,25-28,30,32-34H2,1-2H3,(H,44,51)/b23-22+,24-21-,31-29+. The zero-order chi connectivity index (χ0) is 38.9. The van der Waals surface area contributed by atoms with E-state index >= 15 is 0 Å². The van der Waals surface area contributed by atoms with E-state index in [0.717, 1.165) is 32.1 Å². The highest BCUT2D eigenvalue weighted by atomic mass is 16.7. The predicted molar refractivity (Wildman–Crippen MR) is 213 cm³/mol. The Morgan fingerprint density at radius 1 is 0.642 bits per heavy atom. The molecule has 0 spiro atoms. The van der Waals surface area contributed by atoms with Crippen molar-refractivity contribution in [2.75, 3.05) is 13.2 Å². The molecule has 0 aromatic rings. The third kappa shape index (κ3) is 24.5. The Labute approximate surface area is 322 Å². The summed E-state index contributed by atoms with van der Waals surface area (Å²) in [5, 5.41) is 64.4. The van der Waals surface area contributed by atoms with Crippen LogP contribution in [-0.2, 0) is 14.3 Å². The summed E-state index contributed by atoms with van der Waals surface area (Å²) in [7, 11) is 0. The van der Waals surface area contributed by atoms with Crippen LogP contribution in [0.2, 0.25) is 0 Å². The van der Waals surface area contributed by atoms with E-state index in [0.29, 0.717) is 12.8 Å². The summed E-state index contributed by atoms with van der Waals surface area (Å²) in [4.78, 5) is 13.0. The van der Waals surface area contributed by atoms with Gasteiger partial charge in [-0.25, -0.2) is 0 Å². The summed E-state index contributed by atoms with van der Waals surface area (Å²) < 4.78 is 11.1. The van der Waals surface area contributed by atoms with E-state index in [4.69, 9.17) is 9.47 Å². The lowest BCUT2D eigenvalue weighted by Gasteiger charge is -2.40. The second kappa shape index (κ2) is 33.7. The van der Waals surface area contributed by atoms with Gasteiger partial charge in [0.05, 0.1) is 25.4 Å². The second-order valence-electron chi connectivity index (χ2n) is 14.9. The molecule has 8 atom stereocenters. The SMILES string of the molecule is CCCCCCCC/C=C\CCCCC(O)C(=O)NC(COC1OC(CO)C(O)C(O)C1O)C(O)/C=C/CC/C=C/CCCCCCCCCCCC. The minimum absolute atomic E-state index is 0.273. The van der Waals surface area contributed by atoms with Gasteiger partial charge >= 0.3 is 0 Å². The maximum absolute atomic E-state index is 13.0. The molecule has 1 rings (SSSR count). The fraction of sp³-hybridized carbons (Fsp3) is 0.837. The average molecular weight is 754 g/mol. The Kier molecular flexibility index (Phi) is 31.4. The Balaban J connectivity index is 2.52. The van der Waals surface area contributed by atoms with Gasteiger partial charge in [0.2, 0.25) is 5.91 Å². The van der Waals surface area contributed by atoms with Crippen LogP contribution >= 0.6 is 0 Å². The summed E-state index contributed by atoms with van der Waals surface area (Å²) >= 11 is 0. The van der Waals surface area contributed by atoms with E-state index in [9.17, 15) is 35.4 Å². The predicted octanol–water partition coefficient (Wildman–Crippen LogP) is 7.08. The van der Waals surface area contributed by atoms with Crippen molar-refractivity contribution in [3.8, 4) is 0 Å². The molecule has 0 radical (unpaired) electrons. The van der Waals surface area contributed by atoms with Gasteiger partial charge in [-0.3, -0.25) is 4.79 Å². The van der Waals surface area contributed by atoms with Crippen LogP contribution in [0.15, 0.2) is 36.5 Å². The molecule has 310 valence electrons. The van der Waals surface area contributed by atoms with Gasteiger partial charge in [-0.05, 0) is 57.8 Å². The smallest absolute Gasteiger partial charge is 0.249 e. The average Bonchev–Trinajstić information content (AvgIpc) is 3.16. The second-order valence-corrected chi connectivity index (χ2v) is 14.9. The minimum atomic E-state index is -1.62. The summed E-state index contributed by atoms with van der Waals surface area (Å²) in [5.41, 5.74) is 0. The van der Waals surface area contributed by atoms with Crippen LogP contribution in [0.4, 0.5) is 0 Å². The maximum Gasteiger partial charge on any atom is 0.249 e. The van der Waals surface area contributed by atoms with Gasteiger partial charge < -0.3 is 45.4 Å². The molecule has 1 fully saturated rings. The Hall–Kier alpha value is -1.63. The molecule has 7 N–H and O–H groups in total. The number of rotatable bonds is 34. The number of carbonyl (C=O) groups is 1. The normalized spacial score (nSPS) is 22.6. The molecule has 1 aliphatic heterocycles. The van der Waals surface area contributed by atoms with Gasteiger partial charge in [0.15, 0.2) is 6.29 Å². The van der Waals surface area contributed by atoms with Crippen molar-refractivity contribution in [3.63, 3.8) is 0 Å². The zero-order valence-corrected chi connectivity index (χ0v) is 33.4. The molecule has 1 aliphatic rings. The van der Waals surface area contributed by atoms with Gasteiger partial charge in [-0.2, -0.15) is 0 Å². The highest BCUT2D eigenvalue weighted by Gasteiger charge is 2.44. The Morgan fingerprint density at radius 3 is 1.64 bits per heavy atom. The first-order valence-corrected chi connectivity index (χ1v) is 21.3. The van der Waals surface area contributed by atoms with Crippen molar-refractivity contribution in [1.29, 1.82) is 0 Å². The molecule has 1 heterocycles. The fourth-order valence-corrected chi connectivity index (χ4v) is 6.46. The number of hydrogen-bond donors (Lipinski definition) is 7. The number of ether oxygens (including phenoxy) is 2. The zero-order valence-electron chi connectivity index (χ0n) is 33.4. The number of aliphatic hydroxyl groups excluding tert-OH is 6. The van der Waals surface area contributed by atoms with Crippen LogP contribution in [0, 0.1) is 0 Å². The van der Waals surface area contributed by atoms with Crippen molar-refractivity contribution < 1.29 is 44.9 Å². The number of carbonyl (C=O) groups excluding carboxylic acids is 1. The van der Waals surface area contributed by atoms with Crippen molar-refractivity contribution in [1.82, 2.24) is 5.32 Å². The molecule has 1 saturated heterocycles. The third-order valence-corrected chi connectivity index (χ3v) is 10.0. The number of amides is 1. The van der Waals surface area contributed by atoms with Crippen LogP contribution in [0.1, 0.15) is 168 Å². The molecule has 0 bridgehead atoms. The molecule has 0 aromatic heterocycles. The third-order valence-electron chi connectivity index (χ3n) is 10.0. The number of nitrogens with one attached hydrogen (secondary N) is 1. The van der Waals surface area contributed by atoms with Gasteiger partial charge in [0.25, 0.3) is 0 Å². The summed E-state index contributed by atoms with van der Waals surface area (Å²) in [6, 6.07) is -1.00. The fourth-order valence-electron chi connectivity index (χ4n) is 6.46. The van der Waals surface area contributed by atoms with E-state index in [1.807, 2.05) is 6.08 Å². The lowest BCUT2D eigenvalue weighted by Crippen LogP contribution is -2.60. The van der Waals surface area contributed by atoms with Crippen LogP contribution in [-0.4, -0.2) is 98.7 Å². The monoisotopic (exact) mass is 754 g/mol.